The molecule has 4 N–H and O–H groups in total. The normalized spacial score (nSPS) is 16.1. The number of nitrogens with zero attached hydrogens (tertiary/aromatic N) is 5. The van der Waals surface area contributed by atoms with Crippen molar-refractivity contribution in [1.82, 2.24) is 19.9 Å². The molecular formula is C22H25ClF3N7O. The van der Waals surface area contributed by atoms with Crippen LogP contribution < -0.4 is 16.0 Å². The zero-order valence-electron chi connectivity index (χ0n) is 18.5. The number of hydrogen-bond acceptors (Lipinski definition) is 8. The minimum Gasteiger partial charge on any atom is -0.399 e. The molecule has 3 aromatic rings. The van der Waals surface area contributed by atoms with E-state index in [0.717, 1.165) is 44.0 Å². The van der Waals surface area contributed by atoms with Crippen LogP contribution in [0.4, 0.5) is 30.4 Å². The molecule has 182 valence electrons. The minimum absolute atomic E-state index is 0.0216. The van der Waals surface area contributed by atoms with E-state index in [1.165, 1.54) is 6.07 Å². The molecule has 1 atom stereocenters. The van der Waals surface area contributed by atoms with E-state index in [-0.39, 0.29) is 17.6 Å². The second-order valence-electron chi connectivity index (χ2n) is 8.21. The van der Waals surface area contributed by atoms with Crippen LogP contribution in [0.5, 0.6) is 0 Å². The fourth-order valence-corrected chi connectivity index (χ4v) is 4.17. The lowest BCUT2D eigenvalue weighted by atomic mass is 10.0. The fourth-order valence-electron chi connectivity index (χ4n) is 4.01. The summed E-state index contributed by atoms with van der Waals surface area (Å²) in [7, 11) is 0. The first-order chi connectivity index (χ1) is 16.1. The summed E-state index contributed by atoms with van der Waals surface area (Å²) in [5.74, 6) is 0.367. The lowest BCUT2D eigenvalue weighted by molar-refractivity contribution is -0.137. The monoisotopic (exact) mass is 495 g/mol. The zero-order chi connectivity index (χ0) is 24.5. The topological polar surface area (TPSA) is 103 Å². The van der Waals surface area contributed by atoms with Crippen LogP contribution in [0, 0.1) is 0 Å². The fraction of sp³-hybridized carbons (Fsp3) is 0.409. The predicted octanol–water partition coefficient (Wildman–Crippen LogP) is 3.57. The van der Waals surface area contributed by atoms with Gasteiger partial charge >= 0.3 is 6.18 Å². The second-order valence-corrected chi connectivity index (χ2v) is 8.55. The van der Waals surface area contributed by atoms with E-state index in [1.807, 2.05) is 6.07 Å². The van der Waals surface area contributed by atoms with Crippen LogP contribution in [0.3, 0.4) is 0 Å². The lowest BCUT2D eigenvalue weighted by Gasteiger charge is -2.35. The smallest absolute Gasteiger partial charge is 0.399 e. The van der Waals surface area contributed by atoms with Crippen LogP contribution in [-0.4, -0.2) is 64.3 Å². The number of piperazine rings is 1. The van der Waals surface area contributed by atoms with Gasteiger partial charge in [0.25, 0.3) is 0 Å². The molecule has 1 aliphatic heterocycles. The molecule has 3 heterocycles. The van der Waals surface area contributed by atoms with Gasteiger partial charge in [0.15, 0.2) is 5.65 Å². The van der Waals surface area contributed by atoms with Crippen LogP contribution in [0.25, 0.3) is 11.0 Å². The van der Waals surface area contributed by atoms with Crippen molar-refractivity contribution < 1.29 is 18.3 Å². The van der Waals surface area contributed by atoms with E-state index in [4.69, 9.17) is 22.4 Å². The second kappa shape index (κ2) is 9.77. The number of alkyl halides is 3. The number of aromatic nitrogens is 3. The van der Waals surface area contributed by atoms with Crippen molar-refractivity contribution in [3.05, 3.63) is 46.9 Å². The number of pyridine rings is 1. The molecular weight excluding hydrogens is 471 g/mol. The third-order valence-electron chi connectivity index (χ3n) is 5.82. The van der Waals surface area contributed by atoms with Crippen molar-refractivity contribution in [2.75, 3.05) is 55.3 Å². The highest BCUT2D eigenvalue weighted by Crippen LogP contribution is 2.34. The van der Waals surface area contributed by atoms with Gasteiger partial charge in [-0.15, -0.1) is 0 Å². The Morgan fingerprint density at radius 3 is 2.56 bits per heavy atom. The van der Waals surface area contributed by atoms with Crippen LogP contribution in [0.2, 0.25) is 5.28 Å². The molecule has 12 heteroatoms. The summed E-state index contributed by atoms with van der Waals surface area (Å²) >= 11 is 6.09. The molecule has 0 spiro atoms. The maximum Gasteiger partial charge on any atom is 0.416 e. The molecule has 0 saturated carbocycles. The number of fused-ring (bicyclic) bond motifs is 1. The Balaban J connectivity index is 1.62. The van der Waals surface area contributed by atoms with Crippen molar-refractivity contribution in [3.63, 3.8) is 0 Å². The number of anilines is 3. The Bertz CT molecular complexity index is 1170. The van der Waals surface area contributed by atoms with Crippen molar-refractivity contribution in [3.8, 4) is 0 Å². The van der Waals surface area contributed by atoms with Crippen LogP contribution in [0.15, 0.2) is 30.5 Å². The van der Waals surface area contributed by atoms with E-state index in [1.54, 1.807) is 13.1 Å². The molecule has 4 rings (SSSR count). The Hall–Kier alpha value is -2.89. The lowest BCUT2D eigenvalue weighted by Crippen LogP contribution is -2.47. The van der Waals surface area contributed by atoms with Crippen LogP contribution in [-0.2, 0) is 6.18 Å². The maximum absolute atomic E-state index is 13.2. The Morgan fingerprint density at radius 2 is 1.88 bits per heavy atom. The van der Waals surface area contributed by atoms with E-state index >= 15 is 0 Å². The highest BCUT2D eigenvalue weighted by atomic mass is 35.5. The van der Waals surface area contributed by atoms with Gasteiger partial charge in [-0.1, -0.05) is 0 Å². The number of β-amino-alcohol motifs (C(OH)–C–C–N with tert-alkyl or cyclic N) is 1. The number of hydrogen-bond donors (Lipinski definition) is 3. The molecule has 8 nitrogen and oxygen atoms in total. The standard InChI is InChI=1S/C22H25ClF3N7O/c1-13(14-8-15(22(24,25)26)10-16(27)9-14)29-20-18-11-17(12-28-19(18)30-21(23)31-20)33-4-2-32(3-5-33)6-7-34/h8-13,34H,2-7,27H2,1H3,(H,28,29,30,31)/t13-/m1/s1. The Morgan fingerprint density at radius 1 is 1.15 bits per heavy atom. The third kappa shape index (κ3) is 5.43. The number of halogens is 4. The minimum atomic E-state index is -4.51. The third-order valence-corrected chi connectivity index (χ3v) is 5.99. The van der Waals surface area contributed by atoms with E-state index in [9.17, 15) is 13.2 Å². The summed E-state index contributed by atoms with van der Waals surface area (Å²) < 4.78 is 39.7. The summed E-state index contributed by atoms with van der Waals surface area (Å²) in [6, 6.07) is 4.81. The number of rotatable bonds is 6. The first-order valence-corrected chi connectivity index (χ1v) is 11.2. The number of aliphatic hydroxyl groups excluding tert-OH is 1. The van der Waals surface area contributed by atoms with E-state index in [0.29, 0.717) is 29.0 Å². The molecule has 0 radical (unpaired) electrons. The molecule has 2 aromatic heterocycles. The molecule has 1 aromatic carbocycles. The molecule has 0 aliphatic carbocycles. The maximum atomic E-state index is 13.2. The first-order valence-electron chi connectivity index (χ1n) is 10.8. The van der Waals surface area contributed by atoms with Gasteiger partial charge in [0.2, 0.25) is 5.28 Å². The summed E-state index contributed by atoms with van der Waals surface area (Å²) in [6.45, 7) is 5.65. The Kier molecular flexibility index (Phi) is 6.96. The molecule has 1 aliphatic rings. The van der Waals surface area contributed by atoms with Crippen molar-refractivity contribution in [2.24, 2.45) is 0 Å². The van der Waals surface area contributed by atoms with Crippen molar-refractivity contribution >= 4 is 39.8 Å². The average molecular weight is 496 g/mol. The molecule has 1 saturated heterocycles. The van der Waals surface area contributed by atoms with Gasteiger partial charge in [-0.25, -0.2) is 9.97 Å². The van der Waals surface area contributed by atoms with Gasteiger partial charge in [0.05, 0.1) is 35.5 Å². The zero-order valence-corrected chi connectivity index (χ0v) is 19.2. The molecule has 0 bridgehead atoms. The van der Waals surface area contributed by atoms with Gasteiger partial charge in [-0.2, -0.15) is 18.2 Å². The number of aliphatic hydroxyl groups is 1. The average Bonchev–Trinajstić information content (AvgIpc) is 2.78. The van der Waals surface area contributed by atoms with Gasteiger partial charge in [-0.05, 0) is 48.4 Å². The largest absolute Gasteiger partial charge is 0.416 e. The van der Waals surface area contributed by atoms with Crippen molar-refractivity contribution in [2.45, 2.75) is 19.1 Å². The van der Waals surface area contributed by atoms with Gasteiger partial charge in [-0.3, -0.25) is 4.90 Å². The van der Waals surface area contributed by atoms with Crippen LogP contribution >= 0.6 is 11.6 Å². The number of nitrogens with two attached hydrogens (primary N) is 1. The summed E-state index contributed by atoms with van der Waals surface area (Å²) in [6.07, 6.45) is -2.79. The number of nitrogens with one attached hydrogen (secondary N) is 1. The summed E-state index contributed by atoms with van der Waals surface area (Å²) in [5.41, 5.74) is 6.55. The van der Waals surface area contributed by atoms with Crippen LogP contribution in [0.1, 0.15) is 24.1 Å². The van der Waals surface area contributed by atoms with E-state index in [2.05, 4.69) is 30.1 Å². The van der Waals surface area contributed by atoms with Gasteiger partial charge in [0.1, 0.15) is 5.82 Å². The number of benzene rings is 1. The first kappa shape index (κ1) is 24.2. The summed E-state index contributed by atoms with van der Waals surface area (Å²) in [5, 5.41) is 12.9. The van der Waals surface area contributed by atoms with Crippen molar-refractivity contribution in [1.29, 1.82) is 0 Å². The summed E-state index contributed by atoms with van der Waals surface area (Å²) in [4.78, 5) is 17.3. The molecule has 1 fully saturated rings. The van der Waals surface area contributed by atoms with Gasteiger partial charge in [0, 0.05) is 38.4 Å². The number of nitrogen functional groups attached to an aromatic ring is 1. The highest BCUT2D eigenvalue weighted by molar-refractivity contribution is 6.28. The Labute approximate surface area is 199 Å². The SMILES string of the molecule is C[C@@H](Nc1nc(Cl)nc2ncc(N3CCN(CCO)CC3)cc12)c1cc(N)cc(C(F)(F)F)c1. The molecule has 34 heavy (non-hydrogen) atoms. The van der Waals surface area contributed by atoms with E-state index < -0.39 is 17.8 Å². The molecule has 0 unspecified atom stereocenters. The molecule has 0 amide bonds. The van der Waals surface area contributed by atoms with Gasteiger partial charge < -0.3 is 21.1 Å². The quantitative estimate of drug-likeness (QED) is 0.352. The predicted molar refractivity (Wildman–Crippen MR) is 126 cm³/mol. The highest BCUT2D eigenvalue weighted by Gasteiger charge is 2.31.